The molecule has 0 spiro atoms. The summed E-state index contributed by atoms with van der Waals surface area (Å²) in [4.78, 5) is 12.3. The maximum Gasteiger partial charge on any atom is 0.224 e. The van der Waals surface area contributed by atoms with E-state index in [-0.39, 0.29) is 11.9 Å². The minimum Gasteiger partial charge on any atom is -0.493 e. The number of carbonyl (C=O) groups excluding carboxylic acids is 1. The lowest BCUT2D eigenvalue weighted by Crippen LogP contribution is -2.56. The number of methoxy groups -OCH3 is 2. The summed E-state index contributed by atoms with van der Waals surface area (Å²) in [6.07, 6.45) is 1.43. The highest BCUT2D eigenvalue weighted by molar-refractivity contribution is 5.79. The molecule has 122 valence electrons. The highest BCUT2D eigenvalue weighted by Gasteiger charge is 2.28. The van der Waals surface area contributed by atoms with E-state index in [1.54, 1.807) is 14.2 Å². The number of piperidine rings is 1. The van der Waals surface area contributed by atoms with Crippen LogP contribution in [-0.2, 0) is 11.2 Å². The third-order valence-electron chi connectivity index (χ3n) is 4.36. The van der Waals surface area contributed by atoms with Gasteiger partial charge in [0.25, 0.3) is 0 Å². The first kappa shape index (κ1) is 16.6. The number of amides is 1. The standard InChI is InChI=1S/C17H26N2O3/c1-11-7-8-18-12(2)17(11)19-16(20)10-13-5-6-14(21-3)15(9-13)22-4/h5-6,9,11-12,17-18H,7-8,10H2,1-4H3,(H,19,20). The summed E-state index contributed by atoms with van der Waals surface area (Å²) in [7, 11) is 3.20. The monoisotopic (exact) mass is 306 g/mol. The highest BCUT2D eigenvalue weighted by atomic mass is 16.5. The molecule has 0 aromatic heterocycles. The third kappa shape index (κ3) is 3.91. The molecule has 0 saturated carbocycles. The average molecular weight is 306 g/mol. The van der Waals surface area contributed by atoms with Gasteiger partial charge in [-0.05, 0) is 43.5 Å². The molecule has 3 atom stereocenters. The van der Waals surface area contributed by atoms with Gasteiger partial charge in [-0.25, -0.2) is 0 Å². The predicted octanol–water partition coefficient (Wildman–Crippen LogP) is 1.75. The molecule has 3 unspecified atom stereocenters. The van der Waals surface area contributed by atoms with Crippen LogP contribution in [0.5, 0.6) is 11.5 Å². The zero-order chi connectivity index (χ0) is 16.1. The Kier molecular flexibility index (Phi) is 5.66. The molecule has 5 heteroatoms. The van der Waals surface area contributed by atoms with Crippen LogP contribution in [-0.4, -0.2) is 38.8 Å². The van der Waals surface area contributed by atoms with Crippen molar-refractivity contribution in [1.82, 2.24) is 10.6 Å². The first-order chi connectivity index (χ1) is 10.5. The van der Waals surface area contributed by atoms with E-state index in [0.717, 1.165) is 18.5 Å². The molecule has 22 heavy (non-hydrogen) atoms. The van der Waals surface area contributed by atoms with Gasteiger partial charge in [-0.2, -0.15) is 0 Å². The topological polar surface area (TPSA) is 59.6 Å². The highest BCUT2D eigenvalue weighted by Crippen LogP contribution is 2.27. The molecule has 1 aromatic carbocycles. The lowest BCUT2D eigenvalue weighted by Gasteiger charge is -2.36. The normalized spacial score (nSPS) is 24.6. The number of benzene rings is 1. The fourth-order valence-corrected chi connectivity index (χ4v) is 3.02. The van der Waals surface area contributed by atoms with Gasteiger partial charge in [-0.15, -0.1) is 0 Å². The summed E-state index contributed by atoms with van der Waals surface area (Å²) in [5, 5.41) is 6.57. The van der Waals surface area contributed by atoms with Crippen LogP contribution in [0.1, 0.15) is 25.8 Å². The quantitative estimate of drug-likeness (QED) is 0.870. The minimum atomic E-state index is 0.0413. The third-order valence-corrected chi connectivity index (χ3v) is 4.36. The molecule has 0 bridgehead atoms. The Hall–Kier alpha value is -1.75. The summed E-state index contributed by atoms with van der Waals surface area (Å²) < 4.78 is 10.5. The molecular weight excluding hydrogens is 280 g/mol. The van der Waals surface area contributed by atoms with Gasteiger partial charge in [0.05, 0.1) is 20.6 Å². The first-order valence-electron chi connectivity index (χ1n) is 7.78. The lowest BCUT2D eigenvalue weighted by atomic mass is 9.89. The van der Waals surface area contributed by atoms with Crippen molar-refractivity contribution in [2.75, 3.05) is 20.8 Å². The zero-order valence-corrected chi connectivity index (χ0v) is 13.8. The Labute approximate surface area is 132 Å². The molecule has 2 N–H and O–H groups in total. The Balaban J connectivity index is 1.99. The summed E-state index contributed by atoms with van der Waals surface area (Å²) in [6.45, 7) is 5.33. The van der Waals surface area contributed by atoms with E-state index in [1.807, 2.05) is 18.2 Å². The second kappa shape index (κ2) is 7.49. The molecule has 0 aliphatic carbocycles. The molecule has 1 aromatic rings. The Morgan fingerprint density at radius 3 is 2.64 bits per heavy atom. The van der Waals surface area contributed by atoms with Gasteiger partial charge in [0.15, 0.2) is 11.5 Å². The van der Waals surface area contributed by atoms with Crippen molar-refractivity contribution in [3.05, 3.63) is 23.8 Å². The fourth-order valence-electron chi connectivity index (χ4n) is 3.02. The van der Waals surface area contributed by atoms with Crippen molar-refractivity contribution >= 4 is 5.91 Å². The van der Waals surface area contributed by atoms with Gasteiger partial charge in [0.2, 0.25) is 5.91 Å². The van der Waals surface area contributed by atoms with Crippen LogP contribution in [0.2, 0.25) is 0 Å². The Morgan fingerprint density at radius 1 is 1.27 bits per heavy atom. The maximum atomic E-state index is 12.3. The van der Waals surface area contributed by atoms with E-state index in [9.17, 15) is 4.79 Å². The van der Waals surface area contributed by atoms with E-state index in [1.165, 1.54) is 0 Å². The molecule has 0 radical (unpaired) electrons. The summed E-state index contributed by atoms with van der Waals surface area (Å²) in [6, 6.07) is 6.06. The lowest BCUT2D eigenvalue weighted by molar-refractivity contribution is -0.121. The van der Waals surface area contributed by atoms with Gasteiger partial charge in [-0.1, -0.05) is 13.0 Å². The van der Waals surface area contributed by atoms with Gasteiger partial charge >= 0.3 is 0 Å². The second-order valence-electron chi connectivity index (χ2n) is 5.97. The van der Waals surface area contributed by atoms with Gasteiger partial charge < -0.3 is 20.1 Å². The smallest absolute Gasteiger partial charge is 0.224 e. The Bertz CT molecular complexity index is 509. The molecule has 1 saturated heterocycles. The van der Waals surface area contributed by atoms with Gasteiger partial charge in [-0.3, -0.25) is 4.79 Å². The number of hydrogen-bond acceptors (Lipinski definition) is 4. The van der Waals surface area contributed by atoms with Crippen LogP contribution in [0, 0.1) is 5.92 Å². The number of ether oxygens (including phenoxy) is 2. The summed E-state index contributed by atoms with van der Waals surface area (Å²) >= 11 is 0. The van der Waals surface area contributed by atoms with Crippen LogP contribution in [0.4, 0.5) is 0 Å². The van der Waals surface area contributed by atoms with E-state index >= 15 is 0 Å². The van der Waals surface area contributed by atoms with Gasteiger partial charge in [0.1, 0.15) is 0 Å². The largest absolute Gasteiger partial charge is 0.493 e. The molecule has 2 rings (SSSR count). The molecule has 1 aliphatic heterocycles. The molecule has 5 nitrogen and oxygen atoms in total. The number of carbonyl (C=O) groups is 1. The summed E-state index contributed by atoms with van der Waals surface area (Å²) in [5.74, 6) is 1.85. The summed E-state index contributed by atoms with van der Waals surface area (Å²) in [5.41, 5.74) is 0.916. The van der Waals surface area contributed by atoms with Crippen molar-refractivity contribution in [2.24, 2.45) is 5.92 Å². The van der Waals surface area contributed by atoms with Crippen LogP contribution in [0.25, 0.3) is 0 Å². The van der Waals surface area contributed by atoms with Crippen LogP contribution < -0.4 is 20.1 Å². The van der Waals surface area contributed by atoms with E-state index in [2.05, 4.69) is 24.5 Å². The average Bonchev–Trinajstić information content (AvgIpc) is 2.51. The van der Waals surface area contributed by atoms with Crippen molar-refractivity contribution in [1.29, 1.82) is 0 Å². The maximum absolute atomic E-state index is 12.3. The molecule has 1 heterocycles. The number of nitrogens with one attached hydrogen (secondary N) is 2. The molecule has 1 amide bonds. The van der Waals surface area contributed by atoms with Crippen molar-refractivity contribution in [2.45, 2.75) is 38.8 Å². The van der Waals surface area contributed by atoms with Crippen molar-refractivity contribution in [3.63, 3.8) is 0 Å². The molecular formula is C17H26N2O3. The van der Waals surface area contributed by atoms with E-state index < -0.39 is 0 Å². The van der Waals surface area contributed by atoms with Crippen LogP contribution in [0.15, 0.2) is 18.2 Å². The number of rotatable bonds is 5. The zero-order valence-electron chi connectivity index (χ0n) is 13.8. The van der Waals surface area contributed by atoms with Crippen molar-refractivity contribution in [3.8, 4) is 11.5 Å². The van der Waals surface area contributed by atoms with Crippen molar-refractivity contribution < 1.29 is 14.3 Å². The fraction of sp³-hybridized carbons (Fsp3) is 0.588. The molecule has 1 aliphatic rings. The Morgan fingerprint density at radius 2 is 2.00 bits per heavy atom. The van der Waals surface area contributed by atoms with Crippen LogP contribution >= 0.6 is 0 Å². The second-order valence-corrected chi connectivity index (χ2v) is 5.97. The van der Waals surface area contributed by atoms with E-state index in [0.29, 0.717) is 29.9 Å². The first-order valence-corrected chi connectivity index (χ1v) is 7.78. The minimum absolute atomic E-state index is 0.0413. The van der Waals surface area contributed by atoms with Gasteiger partial charge in [0, 0.05) is 12.1 Å². The SMILES string of the molecule is COc1ccc(CC(=O)NC2C(C)CCNC2C)cc1OC. The predicted molar refractivity (Wildman–Crippen MR) is 86.4 cm³/mol. The van der Waals surface area contributed by atoms with E-state index in [4.69, 9.17) is 9.47 Å². The number of hydrogen-bond donors (Lipinski definition) is 2. The molecule has 1 fully saturated rings. The van der Waals surface area contributed by atoms with Crippen LogP contribution in [0.3, 0.4) is 0 Å².